The minimum Gasteiger partial charge on any atom is -0.494 e. The van der Waals surface area contributed by atoms with Gasteiger partial charge in [0, 0.05) is 16.2 Å². The summed E-state index contributed by atoms with van der Waals surface area (Å²) in [6, 6.07) is 7.45. The number of halogens is 1. The summed E-state index contributed by atoms with van der Waals surface area (Å²) < 4.78 is 28.5. The zero-order chi connectivity index (χ0) is 15.5. The van der Waals surface area contributed by atoms with Crippen molar-refractivity contribution in [3.8, 4) is 16.3 Å². The number of unbranched alkanes of at least 4 members (excludes halogenated alkanes) is 1. The van der Waals surface area contributed by atoms with Gasteiger partial charge in [-0.05, 0) is 37.6 Å². The molecule has 0 amide bonds. The fourth-order valence-corrected chi connectivity index (χ4v) is 4.22. The smallest absolute Gasteiger partial charge is 0.272 e. The number of nitrogens with zero attached hydrogens (tertiary/aromatic N) is 1. The third-order valence-electron chi connectivity index (χ3n) is 2.84. The molecule has 21 heavy (non-hydrogen) atoms. The van der Waals surface area contributed by atoms with E-state index in [1.807, 2.05) is 24.3 Å². The summed E-state index contributed by atoms with van der Waals surface area (Å²) in [4.78, 5) is 4.27. The summed E-state index contributed by atoms with van der Waals surface area (Å²) in [7, 11) is 1.64. The summed E-state index contributed by atoms with van der Waals surface area (Å²) >= 11 is 1.08. The van der Waals surface area contributed by atoms with E-state index in [1.165, 1.54) is 0 Å². The van der Waals surface area contributed by atoms with E-state index in [-0.39, 0.29) is 4.21 Å². The molecule has 7 heteroatoms. The molecule has 1 aromatic carbocycles. The second-order valence-corrected chi connectivity index (χ2v) is 8.32. The Morgan fingerprint density at radius 1 is 1.29 bits per heavy atom. The molecule has 1 heterocycles. The van der Waals surface area contributed by atoms with Gasteiger partial charge in [0.05, 0.1) is 12.3 Å². The first-order chi connectivity index (χ1) is 9.91. The normalized spacial score (nSPS) is 11.6. The average Bonchev–Trinajstić information content (AvgIpc) is 2.82. The van der Waals surface area contributed by atoms with Crippen molar-refractivity contribution in [1.82, 2.24) is 4.98 Å². The Bertz CT molecular complexity index is 708. The molecular weight excluding hydrogens is 330 g/mol. The van der Waals surface area contributed by atoms with Crippen molar-refractivity contribution in [1.29, 1.82) is 0 Å². The molecule has 0 fully saturated rings. The summed E-state index contributed by atoms with van der Waals surface area (Å²) in [5.74, 6) is 0.797. The van der Waals surface area contributed by atoms with E-state index < -0.39 is 9.05 Å². The number of hydrogen-bond acceptors (Lipinski definition) is 5. The zero-order valence-electron chi connectivity index (χ0n) is 11.8. The molecule has 0 radical (unpaired) electrons. The molecule has 0 spiro atoms. The van der Waals surface area contributed by atoms with Gasteiger partial charge in [-0.3, -0.25) is 0 Å². The second-order valence-electron chi connectivity index (χ2n) is 4.56. The molecule has 0 atom stereocenters. The number of benzene rings is 1. The highest BCUT2D eigenvalue weighted by molar-refractivity contribution is 8.15. The number of rotatable bonds is 6. The molecule has 2 rings (SSSR count). The quantitative estimate of drug-likeness (QED) is 0.581. The molecule has 0 saturated heterocycles. The van der Waals surface area contributed by atoms with Crippen molar-refractivity contribution >= 4 is 31.1 Å². The van der Waals surface area contributed by atoms with Crippen LogP contribution in [0.4, 0.5) is 0 Å². The van der Waals surface area contributed by atoms with Gasteiger partial charge < -0.3 is 4.74 Å². The van der Waals surface area contributed by atoms with Crippen LogP contribution in [0.2, 0.25) is 0 Å². The fraction of sp³-hybridized carbons (Fsp3) is 0.357. The van der Waals surface area contributed by atoms with Crippen LogP contribution in [0.25, 0.3) is 10.6 Å². The van der Waals surface area contributed by atoms with Gasteiger partial charge in [0.15, 0.2) is 4.21 Å². The second kappa shape index (κ2) is 6.77. The highest BCUT2D eigenvalue weighted by atomic mass is 35.7. The van der Waals surface area contributed by atoms with Crippen molar-refractivity contribution in [2.45, 2.75) is 30.9 Å². The van der Waals surface area contributed by atoms with Crippen LogP contribution in [0.1, 0.15) is 25.5 Å². The molecule has 4 nitrogen and oxygen atoms in total. The van der Waals surface area contributed by atoms with Gasteiger partial charge in [-0.25, -0.2) is 13.4 Å². The van der Waals surface area contributed by atoms with Gasteiger partial charge in [-0.15, -0.1) is 11.3 Å². The Labute approximate surface area is 133 Å². The average molecular weight is 346 g/mol. The summed E-state index contributed by atoms with van der Waals surface area (Å²) in [5.41, 5.74) is 1.27. The predicted molar refractivity (Wildman–Crippen MR) is 85.7 cm³/mol. The molecule has 2 aromatic rings. The minimum atomic E-state index is -3.74. The minimum absolute atomic E-state index is 0.0995. The lowest BCUT2D eigenvalue weighted by Gasteiger charge is -2.05. The van der Waals surface area contributed by atoms with E-state index in [0.717, 1.165) is 35.5 Å². The number of ether oxygens (including phenoxy) is 1. The molecule has 0 unspecified atom stereocenters. The molecule has 0 N–H and O–H groups in total. The first-order valence-electron chi connectivity index (χ1n) is 6.57. The molecule has 0 saturated carbocycles. The Morgan fingerprint density at radius 2 is 1.95 bits per heavy atom. The SMILES string of the molecule is CCCCOc1ccc(-c2nc(C)c(S(=O)(=O)Cl)s2)cc1. The van der Waals surface area contributed by atoms with E-state index in [1.54, 1.807) is 6.92 Å². The van der Waals surface area contributed by atoms with Crippen LogP contribution in [0, 0.1) is 6.92 Å². The maximum absolute atomic E-state index is 11.4. The number of thiazole rings is 1. The lowest BCUT2D eigenvalue weighted by molar-refractivity contribution is 0.309. The summed E-state index contributed by atoms with van der Waals surface area (Å²) in [6.45, 7) is 4.44. The molecule has 0 aliphatic rings. The topological polar surface area (TPSA) is 56.3 Å². The summed E-state index contributed by atoms with van der Waals surface area (Å²) in [5, 5.41) is 0.631. The Balaban J connectivity index is 2.19. The highest BCUT2D eigenvalue weighted by Crippen LogP contribution is 2.33. The number of aryl methyl sites for hydroxylation is 1. The third-order valence-corrected chi connectivity index (χ3v) is 6.23. The summed E-state index contributed by atoms with van der Waals surface area (Å²) in [6.07, 6.45) is 2.11. The van der Waals surface area contributed by atoms with E-state index in [4.69, 9.17) is 15.4 Å². The number of aromatic nitrogens is 1. The Morgan fingerprint density at radius 3 is 2.48 bits per heavy atom. The van der Waals surface area contributed by atoms with Crippen LogP contribution in [0.5, 0.6) is 5.75 Å². The van der Waals surface area contributed by atoms with Gasteiger partial charge in [0.25, 0.3) is 9.05 Å². The molecule has 1 aromatic heterocycles. The van der Waals surface area contributed by atoms with Crippen LogP contribution in [-0.4, -0.2) is 20.0 Å². The van der Waals surface area contributed by atoms with E-state index in [0.29, 0.717) is 17.3 Å². The standard InChI is InChI=1S/C14H16ClNO3S2/c1-3-4-9-19-12-7-5-11(6-8-12)13-16-10(2)14(20-13)21(15,17)18/h5-8H,3-4,9H2,1-2H3. The van der Waals surface area contributed by atoms with E-state index >= 15 is 0 Å². The van der Waals surface area contributed by atoms with Gasteiger partial charge >= 0.3 is 0 Å². The van der Waals surface area contributed by atoms with Gasteiger partial charge in [0.1, 0.15) is 10.8 Å². The van der Waals surface area contributed by atoms with Crippen molar-refractivity contribution in [2.24, 2.45) is 0 Å². The fourth-order valence-electron chi connectivity index (χ4n) is 1.76. The maximum atomic E-state index is 11.4. The van der Waals surface area contributed by atoms with Crippen molar-refractivity contribution in [3.63, 3.8) is 0 Å². The van der Waals surface area contributed by atoms with Crippen molar-refractivity contribution < 1.29 is 13.2 Å². The largest absolute Gasteiger partial charge is 0.494 e. The highest BCUT2D eigenvalue weighted by Gasteiger charge is 2.19. The zero-order valence-corrected chi connectivity index (χ0v) is 14.2. The van der Waals surface area contributed by atoms with Crippen LogP contribution >= 0.6 is 22.0 Å². The molecule has 0 aliphatic heterocycles. The molecule has 0 aliphatic carbocycles. The van der Waals surface area contributed by atoms with E-state index in [2.05, 4.69) is 11.9 Å². The van der Waals surface area contributed by atoms with Gasteiger partial charge in [0.2, 0.25) is 0 Å². The Kier molecular flexibility index (Phi) is 5.24. The van der Waals surface area contributed by atoms with Gasteiger partial charge in [-0.2, -0.15) is 0 Å². The van der Waals surface area contributed by atoms with Crippen LogP contribution < -0.4 is 4.74 Å². The number of hydrogen-bond donors (Lipinski definition) is 0. The van der Waals surface area contributed by atoms with Crippen LogP contribution in [0.15, 0.2) is 28.5 Å². The van der Waals surface area contributed by atoms with Crippen molar-refractivity contribution in [3.05, 3.63) is 30.0 Å². The Hall–Kier alpha value is -1.11. The monoisotopic (exact) mass is 345 g/mol. The lowest BCUT2D eigenvalue weighted by atomic mass is 10.2. The molecular formula is C14H16ClNO3S2. The molecule has 114 valence electrons. The van der Waals surface area contributed by atoms with Crippen LogP contribution in [0.3, 0.4) is 0 Å². The predicted octanol–water partition coefficient (Wildman–Crippen LogP) is 4.22. The lowest BCUT2D eigenvalue weighted by Crippen LogP contribution is -1.95. The third kappa shape index (κ3) is 4.18. The van der Waals surface area contributed by atoms with E-state index in [9.17, 15) is 8.42 Å². The molecule has 0 bridgehead atoms. The van der Waals surface area contributed by atoms with Crippen molar-refractivity contribution in [2.75, 3.05) is 6.61 Å². The first kappa shape index (κ1) is 16.3. The van der Waals surface area contributed by atoms with Crippen LogP contribution in [-0.2, 0) is 9.05 Å². The maximum Gasteiger partial charge on any atom is 0.272 e. The first-order valence-corrected chi connectivity index (χ1v) is 9.69. The van der Waals surface area contributed by atoms with Gasteiger partial charge in [-0.1, -0.05) is 13.3 Å².